The van der Waals surface area contributed by atoms with Crippen molar-refractivity contribution in [1.82, 2.24) is 0 Å². The Morgan fingerprint density at radius 2 is 1.46 bits per heavy atom. The van der Waals surface area contributed by atoms with Gasteiger partial charge >= 0.3 is 0 Å². The van der Waals surface area contributed by atoms with Crippen LogP contribution in [0.15, 0.2) is 12.2 Å². The minimum Gasteiger partial charge on any atom is -0.388 e. The SMILES string of the molecule is CCCCCCCCC/C=C/CCCCOC[C@@H]1OC[C@@H](O)[C@H](O)[C@H]1O. The Labute approximate surface area is 159 Å². The first kappa shape index (κ1) is 23.6. The lowest BCUT2D eigenvalue weighted by atomic mass is 10.0. The van der Waals surface area contributed by atoms with Crippen LogP contribution in [0.25, 0.3) is 0 Å². The summed E-state index contributed by atoms with van der Waals surface area (Å²) in [4.78, 5) is 0. The van der Waals surface area contributed by atoms with Crippen LogP contribution in [-0.2, 0) is 9.47 Å². The summed E-state index contributed by atoms with van der Waals surface area (Å²) in [6, 6.07) is 0. The fourth-order valence-corrected chi connectivity index (χ4v) is 3.13. The highest BCUT2D eigenvalue weighted by molar-refractivity contribution is 4.86. The molecule has 5 nitrogen and oxygen atoms in total. The van der Waals surface area contributed by atoms with Gasteiger partial charge in [0.15, 0.2) is 0 Å². The fraction of sp³-hybridized carbons (Fsp3) is 0.905. The van der Waals surface area contributed by atoms with Crippen LogP contribution in [0.3, 0.4) is 0 Å². The smallest absolute Gasteiger partial charge is 0.111 e. The van der Waals surface area contributed by atoms with Gasteiger partial charge in [-0.2, -0.15) is 0 Å². The Morgan fingerprint density at radius 1 is 0.846 bits per heavy atom. The van der Waals surface area contributed by atoms with Crippen LogP contribution in [0.5, 0.6) is 0 Å². The van der Waals surface area contributed by atoms with Gasteiger partial charge in [-0.25, -0.2) is 0 Å². The third-order valence-electron chi connectivity index (χ3n) is 4.94. The first-order chi connectivity index (χ1) is 12.7. The Balaban J connectivity index is 1.86. The summed E-state index contributed by atoms with van der Waals surface area (Å²) in [5.41, 5.74) is 0. The second kappa shape index (κ2) is 15.6. The van der Waals surface area contributed by atoms with E-state index in [2.05, 4.69) is 19.1 Å². The molecule has 4 atom stereocenters. The average Bonchev–Trinajstić information content (AvgIpc) is 2.64. The summed E-state index contributed by atoms with van der Waals surface area (Å²) in [6.45, 7) is 3.16. The van der Waals surface area contributed by atoms with Crippen LogP contribution in [0, 0.1) is 0 Å². The quantitative estimate of drug-likeness (QED) is 0.303. The zero-order chi connectivity index (χ0) is 19.0. The Morgan fingerprint density at radius 3 is 2.15 bits per heavy atom. The van der Waals surface area contributed by atoms with Crippen molar-refractivity contribution in [2.24, 2.45) is 0 Å². The number of aliphatic hydroxyl groups is 3. The van der Waals surface area contributed by atoms with Crippen molar-refractivity contribution in [2.45, 2.75) is 102 Å². The van der Waals surface area contributed by atoms with Crippen LogP contribution < -0.4 is 0 Å². The predicted octanol–water partition coefficient (Wildman–Crippen LogP) is 3.35. The molecule has 0 radical (unpaired) electrons. The molecule has 26 heavy (non-hydrogen) atoms. The molecule has 1 aliphatic heterocycles. The van der Waals surface area contributed by atoms with Gasteiger partial charge in [0.05, 0.1) is 13.2 Å². The molecule has 0 aromatic carbocycles. The summed E-state index contributed by atoms with van der Waals surface area (Å²) in [6.07, 6.45) is 14.6. The van der Waals surface area contributed by atoms with Crippen molar-refractivity contribution >= 4 is 0 Å². The predicted molar refractivity (Wildman–Crippen MR) is 104 cm³/mol. The number of aliphatic hydroxyl groups excluding tert-OH is 3. The molecule has 0 saturated carbocycles. The summed E-state index contributed by atoms with van der Waals surface area (Å²) >= 11 is 0. The van der Waals surface area contributed by atoms with E-state index in [9.17, 15) is 15.3 Å². The maximum absolute atomic E-state index is 9.80. The van der Waals surface area contributed by atoms with E-state index in [1.54, 1.807) is 0 Å². The largest absolute Gasteiger partial charge is 0.388 e. The summed E-state index contributed by atoms with van der Waals surface area (Å²) < 4.78 is 10.8. The van der Waals surface area contributed by atoms with Crippen molar-refractivity contribution in [2.75, 3.05) is 19.8 Å². The number of hydrogen-bond acceptors (Lipinski definition) is 5. The maximum Gasteiger partial charge on any atom is 0.111 e. The fourth-order valence-electron chi connectivity index (χ4n) is 3.13. The van der Waals surface area contributed by atoms with Gasteiger partial charge < -0.3 is 24.8 Å². The standard InChI is InChI=1S/C21H40O5/c1-2-3-4-5-6-7-8-9-10-11-12-13-14-15-25-17-19-21(24)20(23)18(22)16-26-19/h10-11,18-24H,2-9,12-17H2,1H3/b11-10+/t18-,19+,20+,21+/m1/s1. The molecule has 3 N–H and O–H groups in total. The van der Waals surface area contributed by atoms with Gasteiger partial charge in [-0.15, -0.1) is 0 Å². The molecule has 0 bridgehead atoms. The minimum absolute atomic E-state index is 0.0375. The number of hydrogen-bond donors (Lipinski definition) is 3. The molecule has 1 fully saturated rings. The normalized spacial score (nSPS) is 26.6. The van der Waals surface area contributed by atoms with Crippen molar-refractivity contribution in [1.29, 1.82) is 0 Å². The molecular weight excluding hydrogens is 332 g/mol. The Hall–Kier alpha value is -0.460. The van der Waals surface area contributed by atoms with Crippen LogP contribution in [-0.4, -0.2) is 59.6 Å². The lowest BCUT2D eigenvalue weighted by Gasteiger charge is -2.35. The second-order valence-corrected chi connectivity index (χ2v) is 7.37. The van der Waals surface area contributed by atoms with Gasteiger partial charge in [0.2, 0.25) is 0 Å². The van der Waals surface area contributed by atoms with Crippen LogP contribution in [0.1, 0.15) is 77.6 Å². The highest BCUT2D eigenvalue weighted by Crippen LogP contribution is 2.16. The number of rotatable bonds is 15. The summed E-state index contributed by atoms with van der Waals surface area (Å²) in [5, 5.41) is 28.8. The van der Waals surface area contributed by atoms with Gasteiger partial charge in [0, 0.05) is 6.61 Å². The lowest BCUT2D eigenvalue weighted by Crippen LogP contribution is -2.54. The lowest BCUT2D eigenvalue weighted by molar-refractivity contribution is -0.199. The Bertz CT molecular complexity index is 347. The molecule has 1 rings (SSSR count). The van der Waals surface area contributed by atoms with Gasteiger partial charge in [0.25, 0.3) is 0 Å². The zero-order valence-electron chi connectivity index (χ0n) is 16.5. The van der Waals surface area contributed by atoms with E-state index in [0.717, 1.165) is 19.3 Å². The first-order valence-electron chi connectivity index (χ1n) is 10.5. The van der Waals surface area contributed by atoms with E-state index in [1.165, 1.54) is 51.4 Å². The third-order valence-corrected chi connectivity index (χ3v) is 4.94. The van der Waals surface area contributed by atoms with Crippen molar-refractivity contribution in [3.63, 3.8) is 0 Å². The second-order valence-electron chi connectivity index (χ2n) is 7.37. The number of ether oxygens (including phenoxy) is 2. The minimum atomic E-state index is -1.15. The summed E-state index contributed by atoms with van der Waals surface area (Å²) in [7, 11) is 0. The monoisotopic (exact) mass is 372 g/mol. The van der Waals surface area contributed by atoms with Gasteiger partial charge in [0.1, 0.15) is 24.4 Å². The molecule has 1 heterocycles. The molecular formula is C21H40O5. The third kappa shape index (κ3) is 10.6. The highest BCUT2D eigenvalue weighted by atomic mass is 16.6. The maximum atomic E-state index is 9.80. The van der Waals surface area contributed by atoms with Gasteiger partial charge in [-0.3, -0.25) is 0 Å². The summed E-state index contributed by atoms with van der Waals surface area (Å²) in [5.74, 6) is 0. The van der Waals surface area contributed by atoms with Crippen LogP contribution in [0.2, 0.25) is 0 Å². The number of allylic oxidation sites excluding steroid dienone is 2. The molecule has 0 aromatic heterocycles. The molecule has 0 unspecified atom stereocenters. The van der Waals surface area contributed by atoms with Crippen molar-refractivity contribution < 1.29 is 24.8 Å². The van der Waals surface area contributed by atoms with Crippen molar-refractivity contribution in [3.8, 4) is 0 Å². The molecule has 154 valence electrons. The molecule has 1 aliphatic rings. The van der Waals surface area contributed by atoms with E-state index in [1.807, 2.05) is 0 Å². The van der Waals surface area contributed by atoms with Crippen LogP contribution >= 0.6 is 0 Å². The molecule has 0 spiro atoms. The van der Waals surface area contributed by atoms with Crippen LogP contribution in [0.4, 0.5) is 0 Å². The van der Waals surface area contributed by atoms with E-state index in [0.29, 0.717) is 6.61 Å². The van der Waals surface area contributed by atoms with E-state index >= 15 is 0 Å². The van der Waals surface area contributed by atoms with E-state index in [4.69, 9.17) is 9.47 Å². The highest BCUT2D eigenvalue weighted by Gasteiger charge is 2.37. The van der Waals surface area contributed by atoms with E-state index < -0.39 is 24.4 Å². The molecule has 0 amide bonds. The topological polar surface area (TPSA) is 79.2 Å². The average molecular weight is 373 g/mol. The first-order valence-corrected chi connectivity index (χ1v) is 10.5. The van der Waals surface area contributed by atoms with E-state index in [-0.39, 0.29) is 13.2 Å². The van der Waals surface area contributed by atoms with Crippen molar-refractivity contribution in [3.05, 3.63) is 12.2 Å². The molecule has 0 aliphatic carbocycles. The molecule has 0 aromatic rings. The number of unbranched alkanes of at least 4 members (excludes halogenated alkanes) is 9. The Kier molecular flexibility index (Phi) is 14.1. The van der Waals surface area contributed by atoms with Gasteiger partial charge in [-0.05, 0) is 32.1 Å². The zero-order valence-corrected chi connectivity index (χ0v) is 16.5. The molecule has 5 heteroatoms. The molecule has 1 saturated heterocycles. The van der Waals surface area contributed by atoms with Gasteiger partial charge in [-0.1, -0.05) is 57.6 Å².